The predicted molar refractivity (Wildman–Crippen MR) is 77.1 cm³/mol. The monoisotopic (exact) mass is 273 g/mol. The molecule has 0 atom stereocenters. The van der Waals surface area contributed by atoms with Gasteiger partial charge in [0.15, 0.2) is 5.69 Å². The van der Waals surface area contributed by atoms with Crippen LogP contribution in [-0.4, -0.2) is 32.6 Å². The van der Waals surface area contributed by atoms with Gasteiger partial charge in [-0.3, -0.25) is 14.5 Å². The largest absolute Gasteiger partial charge is 0.396 e. The lowest BCUT2D eigenvalue weighted by Gasteiger charge is -2.16. The number of nitrogens with zero attached hydrogens (tertiary/aromatic N) is 4. The van der Waals surface area contributed by atoms with E-state index < -0.39 is 0 Å². The Labute approximate surface area is 118 Å². The van der Waals surface area contributed by atoms with Gasteiger partial charge in [0.25, 0.3) is 5.91 Å². The molecule has 2 heterocycles. The van der Waals surface area contributed by atoms with E-state index in [-0.39, 0.29) is 5.91 Å². The van der Waals surface area contributed by atoms with E-state index >= 15 is 0 Å². The normalized spacial score (nSPS) is 10.6. The number of nitrogens with two attached hydrogens (primary N) is 1. The van der Waals surface area contributed by atoms with Crippen molar-refractivity contribution in [3.8, 4) is 0 Å². The number of carbonyl (C=O) groups excluding carboxylic acids is 1. The molecular weight excluding hydrogens is 254 g/mol. The third-order valence-electron chi connectivity index (χ3n) is 3.01. The summed E-state index contributed by atoms with van der Waals surface area (Å²) in [5.74, 6) is -0.196. The second kappa shape index (κ2) is 5.73. The molecule has 0 aromatic carbocycles. The lowest BCUT2D eigenvalue weighted by atomic mass is 10.2. The molecule has 0 radical (unpaired) electrons. The van der Waals surface area contributed by atoms with E-state index in [0.29, 0.717) is 24.5 Å². The number of amides is 1. The van der Waals surface area contributed by atoms with Gasteiger partial charge in [0, 0.05) is 25.5 Å². The van der Waals surface area contributed by atoms with Crippen LogP contribution in [0.2, 0.25) is 0 Å². The van der Waals surface area contributed by atoms with Crippen molar-refractivity contribution in [2.24, 2.45) is 0 Å². The van der Waals surface area contributed by atoms with E-state index in [1.807, 2.05) is 32.0 Å². The molecule has 0 bridgehead atoms. The lowest BCUT2D eigenvalue weighted by Crippen LogP contribution is -2.27. The minimum absolute atomic E-state index is 0.196. The third kappa shape index (κ3) is 2.96. The minimum Gasteiger partial charge on any atom is -0.396 e. The molecule has 2 N–H and O–H groups in total. The van der Waals surface area contributed by atoms with Crippen molar-refractivity contribution in [3.63, 3.8) is 0 Å². The van der Waals surface area contributed by atoms with Gasteiger partial charge in [-0.2, -0.15) is 5.10 Å². The average Bonchev–Trinajstić information content (AvgIpc) is 2.79. The van der Waals surface area contributed by atoms with Crippen LogP contribution in [0.4, 0.5) is 5.69 Å². The summed E-state index contributed by atoms with van der Waals surface area (Å²) in [5.41, 5.74) is 8.29. The quantitative estimate of drug-likeness (QED) is 0.915. The van der Waals surface area contributed by atoms with Gasteiger partial charge in [-0.1, -0.05) is 6.07 Å². The number of hydrogen-bond acceptors (Lipinski definition) is 4. The summed E-state index contributed by atoms with van der Waals surface area (Å²) in [7, 11) is 1.72. The van der Waals surface area contributed by atoms with Crippen LogP contribution in [-0.2, 0) is 13.1 Å². The fourth-order valence-electron chi connectivity index (χ4n) is 1.95. The Hall–Kier alpha value is -2.37. The maximum Gasteiger partial charge on any atom is 0.276 e. The van der Waals surface area contributed by atoms with Crippen LogP contribution < -0.4 is 5.73 Å². The highest BCUT2D eigenvalue weighted by molar-refractivity contribution is 5.96. The van der Waals surface area contributed by atoms with Gasteiger partial charge in [0.2, 0.25) is 0 Å². The van der Waals surface area contributed by atoms with Gasteiger partial charge in [0.1, 0.15) is 0 Å². The van der Waals surface area contributed by atoms with Crippen molar-refractivity contribution < 1.29 is 4.79 Å². The molecule has 0 aliphatic heterocycles. The molecule has 20 heavy (non-hydrogen) atoms. The van der Waals surface area contributed by atoms with Crippen LogP contribution in [0.5, 0.6) is 0 Å². The first kappa shape index (κ1) is 14.0. The highest BCUT2D eigenvalue weighted by atomic mass is 16.2. The molecule has 6 heteroatoms. The Balaban J connectivity index is 2.14. The number of nitrogen functional groups attached to an aromatic ring is 1. The van der Waals surface area contributed by atoms with Crippen LogP contribution >= 0.6 is 0 Å². The molecule has 2 aromatic rings. The third-order valence-corrected chi connectivity index (χ3v) is 3.01. The van der Waals surface area contributed by atoms with Crippen LogP contribution in [0.25, 0.3) is 0 Å². The summed E-state index contributed by atoms with van der Waals surface area (Å²) in [4.78, 5) is 18.3. The molecule has 0 fully saturated rings. The van der Waals surface area contributed by atoms with Gasteiger partial charge < -0.3 is 10.6 Å². The minimum atomic E-state index is -0.196. The molecule has 0 saturated carbocycles. The maximum atomic E-state index is 12.3. The van der Waals surface area contributed by atoms with Crippen molar-refractivity contribution in [2.75, 3.05) is 12.8 Å². The topological polar surface area (TPSA) is 77.0 Å². The molecular formula is C14H19N5O. The summed E-state index contributed by atoms with van der Waals surface area (Å²) >= 11 is 0. The summed E-state index contributed by atoms with van der Waals surface area (Å²) in [5, 5.41) is 4.19. The standard InChI is InChI=1S/C14H19N5O/c1-4-19-9-12(15)13(17-19)14(20)18(3)8-11-7-5-6-10(2)16-11/h5-7,9H,4,8,15H2,1-3H3. The Bertz CT molecular complexity index is 620. The van der Waals surface area contributed by atoms with E-state index in [1.165, 1.54) is 0 Å². The van der Waals surface area contributed by atoms with Crippen molar-refractivity contribution in [1.29, 1.82) is 0 Å². The fraction of sp³-hybridized carbons (Fsp3) is 0.357. The van der Waals surface area contributed by atoms with Gasteiger partial charge in [-0.15, -0.1) is 0 Å². The molecule has 106 valence electrons. The molecule has 1 amide bonds. The number of pyridine rings is 1. The smallest absolute Gasteiger partial charge is 0.276 e. The first-order valence-electron chi connectivity index (χ1n) is 6.52. The van der Waals surface area contributed by atoms with Crippen molar-refractivity contribution in [2.45, 2.75) is 26.9 Å². The number of carbonyl (C=O) groups is 1. The first-order valence-corrected chi connectivity index (χ1v) is 6.52. The Morgan fingerprint density at radius 2 is 2.20 bits per heavy atom. The molecule has 2 aromatic heterocycles. The fourth-order valence-corrected chi connectivity index (χ4v) is 1.95. The number of hydrogen-bond donors (Lipinski definition) is 1. The Morgan fingerprint density at radius 3 is 2.80 bits per heavy atom. The van der Waals surface area contributed by atoms with E-state index in [9.17, 15) is 4.79 Å². The molecule has 6 nitrogen and oxygen atoms in total. The van der Waals surface area contributed by atoms with Crippen LogP contribution in [0.1, 0.15) is 28.8 Å². The summed E-state index contributed by atoms with van der Waals surface area (Å²) in [6.45, 7) is 4.98. The zero-order valence-electron chi connectivity index (χ0n) is 12.0. The highest BCUT2D eigenvalue weighted by Gasteiger charge is 2.19. The highest BCUT2D eigenvalue weighted by Crippen LogP contribution is 2.13. The lowest BCUT2D eigenvalue weighted by molar-refractivity contribution is 0.0777. The Morgan fingerprint density at radius 1 is 1.45 bits per heavy atom. The van der Waals surface area contributed by atoms with Gasteiger partial charge in [0.05, 0.1) is 17.9 Å². The molecule has 0 aliphatic carbocycles. The molecule has 0 aliphatic rings. The zero-order valence-corrected chi connectivity index (χ0v) is 12.0. The average molecular weight is 273 g/mol. The second-order valence-electron chi connectivity index (χ2n) is 4.72. The van der Waals surface area contributed by atoms with Crippen molar-refractivity contribution >= 4 is 11.6 Å². The van der Waals surface area contributed by atoms with E-state index in [1.54, 1.807) is 22.8 Å². The van der Waals surface area contributed by atoms with Gasteiger partial charge >= 0.3 is 0 Å². The summed E-state index contributed by atoms with van der Waals surface area (Å²) in [6, 6.07) is 5.74. The maximum absolute atomic E-state index is 12.3. The number of rotatable bonds is 4. The molecule has 0 spiro atoms. The number of aryl methyl sites for hydroxylation is 2. The Kier molecular flexibility index (Phi) is 4.02. The molecule has 0 saturated heterocycles. The number of aromatic nitrogens is 3. The molecule has 2 rings (SSSR count). The number of anilines is 1. The van der Waals surface area contributed by atoms with Crippen molar-refractivity contribution in [3.05, 3.63) is 41.5 Å². The SMILES string of the molecule is CCn1cc(N)c(C(=O)N(C)Cc2cccc(C)n2)n1. The first-order chi connectivity index (χ1) is 9.51. The van der Waals surface area contributed by atoms with E-state index in [4.69, 9.17) is 5.73 Å². The second-order valence-corrected chi connectivity index (χ2v) is 4.72. The van der Waals surface area contributed by atoms with Crippen LogP contribution in [0, 0.1) is 6.92 Å². The predicted octanol–water partition coefficient (Wildman–Crippen LogP) is 1.46. The zero-order chi connectivity index (χ0) is 14.7. The summed E-state index contributed by atoms with van der Waals surface area (Å²) in [6.07, 6.45) is 1.67. The van der Waals surface area contributed by atoms with E-state index in [2.05, 4.69) is 10.1 Å². The van der Waals surface area contributed by atoms with Gasteiger partial charge in [-0.05, 0) is 26.0 Å². The van der Waals surface area contributed by atoms with E-state index in [0.717, 1.165) is 11.4 Å². The van der Waals surface area contributed by atoms with Crippen LogP contribution in [0.15, 0.2) is 24.4 Å². The summed E-state index contributed by atoms with van der Waals surface area (Å²) < 4.78 is 1.65. The molecule has 0 unspecified atom stereocenters. The van der Waals surface area contributed by atoms with Crippen LogP contribution in [0.3, 0.4) is 0 Å². The van der Waals surface area contributed by atoms with Gasteiger partial charge in [-0.25, -0.2) is 0 Å². The van der Waals surface area contributed by atoms with Crippen molar-refractivity contribution in [1.82, 2.24) is 19.7 Å².